The van der Waals surface area contributed by atoms with Gasteiger partial charge in [0.2, 0.25) is 5.91 Å². The van der Waals surface area contributed by atoms with Crippen molar-refractivity contribution in [2.75, 3.05) is 25.5 Å². The van der Waals surface area contributed by atoms with E-state index in [9.17, 15) is 24.1 Å². The molecule has 8 nitrogen and oxygen atoms in total. The molecule has 0 atom stereocenters. The van der Waals surface area contributed by atoms with Crippen LogP contribution in [0.25, 0.3) is 0 Å². The number of nitrogens with zero attached hydrogens (tertiary/aromatic N) is 2. The lowest BCUT2D eigenvalue weighted by atomic mass is 10.3. The minimum Gasteiger partial charge on any atom is -0.485 e. The highest BCUT2D eigenvalue weighted by molar-refractivity contribution is 8.04. The summed E-state index contributed by atoms with van der Waals surface area (Å²) in [6, 6.07) is 2.88. The molecule has 0 unspecified atom stereocenters. The van der Waals surface area contributed by atoms with Crippen LogP contribution in [-0.2, 0) is 14.3 Å². The first kappa shape index (κ1) is 18.7. The summed E-state index contributed by atoms with van der Waals surface area (Å²) in [4.78, 5) is 34.9. The highest BCUT2D eigenvalue weighted by Crippen LogP contribution is 2.30. The van der Waals surface area contributed by atoms with Crippen LogP contribution in [0.15, 0.2) is 29.3 Å². The Hall–Kier alpha value is -2.62. The first-order valence-electron chi connectivity index (χ1n) is 7.30. The molecule has 134 valence electrons. The third kappa shape index (κ3) is 4.92. The van der Waals surface area contributed by atoms with E-state index in [1.807, 2.05) is 0 Å². The summed E-state index contributed by atoms with van der Waals surface area (Å²) >= 11 is 1.18. The summed E-state index contributed by atoms with van der Waals surface area (Å²) in [6.07, 6.45) is 1.21. The highest BCUT2D eigenvalue weighted by atomic mass is 32.2. The number of ether oxygens (including phenoxy) is 2. The molecule has 1 aliphatic heterocycles. The van der Waals surface area contributed by atoms with Crippen LogP contribution in [0.4, 0.5) is 10.1 Å². The van der Waals surface area contributed by atoms with Crippen molar-refractivity contribution in [3.8, 4) is 5.75 Å². The number of hydrogen-bond donors (Lipinski definition) is 0. The number of benzene rings is 1. The van der Waals surface area contributed by atoms with Crippen LogP contribution in [0.3, 0.4) is 0 Å². The molecular formula is C15H15FN2O6S. The molecule has 0 aliphatic carbocycles. The summed E-state index contributed by atoms with van der Waals surface area (Å²) in [6.45, 7) is 1.84. The van der Waals surface area contributed by atoms with E-state index >= 15 is 0 Å². The number of amides is 1. The fraction of sp³-hybridized carbons (Fsp3) is 0.333. The second-order valence-electron chi connectivity index (χ2n) is 4.79. The van der Waals surface area contributed by atoms with E-state index in [0.717, 1.165) is 18.2 Å². The number of thioether (sulfide) groups is 1. The zero-order chi connectivity index (χ0) is 18.4. The number of rotatable bonds is 7. The zero-order valence-electron chi connectivity index (χ0n) is 13.3. The average molecular weight is 370 g/mol. The monoisotopic (exact) mass is 370 g/mol. The molecule has 1 aliphatic rings. The Morgan fingerprint density at radius 2 is 2.28 bits per heavy atom. The van der Waals surface area contributed by atoms with E-state index in [1.165, 1.54) is 22.7 Å². The predicted molar refractivity (Wildman–Crippen MR) is 87.4 cm³/mol. The molecule has 1 heterocycles. The first-order chi connectivity index (χ1) is 11.9. The van der Waals surface area contributed by atoms with E-state index in [2.05, 4.69) is 0 Å². The minimum absolute atomic E-state index is 0.0603. The van der Waals surface area contributed by atoms with Gasteiger partial charge in [-0.3, -0.25) is 14.9 Å². The fourth-order valence-electron chi connectivity index (χ4n) is 2.05. The van der Waals surface area contributed by atoms with Crippen LogP contribution in [0.5, 0.6) is 5.75 Å². The molecule has 25 heavy (non-hydrogen) atoms. The molecule has 1 aromatic carbocycles. The van der Waals surface area contributed by atoms with Crippen molar-refractivity contribution in [2.45, 2.75) is 6.92 Å². The number of hydrogen-bond acceptors (Lipinski definition) is 7. The van der Waals surface area contributed by atoms with Crippen LogP contribution in [0.2, 0.25) is 0 Å². The van der Waals surface area contributed by atoms with E-state index in [1.54, 1.807) is 6.92 Å². The molecule has 0 bridgehead atoms. The maximum Gasteiger partial charge on any atom is 0.333 e. The standard InChI is InChI=1S/C15H15FN2O6S/c1-2-23-15(20)8-14-17(13(19)9-25-14)5-6-24-12-7-10(16)3-4-11(12)18(21)22/h3-4,7-8H,2,5-6,9H2,1H3/b14-8-. The molecule has 0 N–H and O–H groups in total. The molecule has 2 rings (SSSR count). The Bertz CT molecular complexity index is 724. The van der Waals surface area contributed by atoms with E-state index in [0.29, 0.717) is 5.03 Å². The summed E-state index contributed by atoms with van der Waals surface area (Å²) in [5, 5.41) is 11.3. The summed E-state index contributed by atoms with van der Waals surface area (Å²) in [5.41, 5.74) is -0.370. The minimum atomic E-state index is -0.683. The van der Waals surface area contributed by atoms with Crippen LogP contribution in [-0.4, -0.2) is 47.2 Å². The van der Waals surface area contributed by atoms with Gasteiger partial charge < -0.3 is 14.4 Å². The van der Waals surface area contributed by atoms with Gasteiger partial charge >= 0.3 is 11.7 Å². The van der Waals surface area contributed by atoms with Gasteiger partial charge in [0.25, 0.3) is 0 Å². The third-order valence-electron chi connectivity index (χ3n) is 3.13. The van der Waals surface area contributed by atoms with Gasteiger partial charge in [0.1, 0.15) is 12.4 Å². The van der Waals surface area contributed by atoms with E-state index in [4.69, 9.17) is 9.47 Å². The number of carbonyl (C=O) groups excluding carboxylic acids is 2. The molecule has 0 aromatic heterocycles. The van der Waals surface area contributed by atoms with Crippen LogP contribution in [0.1, 0.15) is 6.92 Å². The number of nitro groups is 1. The topological polar surface area (TPSA) is 99.0 Å². The second kappa shape index (κ2) is 8.47. The third-order valence-corrected chi connectivity index (χ3v) is 4.15. The highest BCUT2D eigenvalue weighted by Gasteiger charge is 2.27. The maximum atomic E-state index is 13.2. The molecule has 1 saturated heterocycles. The van der Waals surface area contributed by atoms with Crippen molar-refractivity contribution >= 4 is 29.3 Å². The quantitative estimate of drug-likeness (QED) is 0.314. The van der Waals surface area contributed by atoms with Crippen LogP contribution < -0.4 is 4.74 Å². The second-order valence-corrected chi connectivity index (χ2v) is 5.78. The molecule has 10 heteroatoms. The number of halogens is 1. The maximum absolute atomic E-state index is 13.2. The van der Waals surface area contributed by atoms with Gasteiger partial charge in [-0.25, -0.2) is 9.18 Å². The van der Waals surface area contributed by atoms with Gasteiger partial charge in [-0.1, -0.05) is 11.8 Å². The largest absolute Gasteiger partial charge is 0.485 e. The molecule has 1 amide bonds. The van der Waals surface area contributed by atoms with E-state index in [-0.39, 0.29) is 42.9 Å². The molecular weight excluding hydrogens is 355 g/mol. The van der Waals surface area contributed by atoms with Gasteiger partial charge in [-0.2, -0.15) is 0 Å². The molecule has 1 aromatic rings. The Balaban J connectivity index is 2.03. The molecule has 0 spiro atoms. The Morgan fingerprint density at radius 3 is 2.96 bits per heavy atom. The molecule has 0 radical (unpaired) electrons. The van der Waals surface area contributed by atoms with Crippen molar-refractivity contribution in [3.63, 3.8) is 0 Å². The average Bonchev–Trinajstić information content (AvgIpc) is 2.88. The molecule has 0 saturated carbocycles. The smallest absolute Gasteiger partial charge is 0.333 e. The predicted octanol–water partition coefficient (Wildman–Crippen LogP) is 2.09. The lowest BCUT2D eigenvalue weighted by Crippen LogP contribution is -2.29. The Kier molecular flexibility index (Phi) is 6.34. The SMILES string of the molecule is CCOC(=O)/C=C1\SCC(=O)N1CCOc1cc(F)ccc1[N+](=O)[O-]. The lowest BCUT2D eigenvalue weighted by molar-refractivity contribution is -0.385. The van der Waals surface area contributed by atoms with Crippen molar-refractivity contribution < 1.29 is 28.4 Å². The van der Waals surface area contributed by atoms with Crippen LogP contribution in [0, 0.1) is 15.9 Å². The zero-order valence-corrected chi connectivity index (χ0v) is 14.1. The number of nitro benzene ring substituents is 1. The van der Waals surface area contributed by atoms with Crippen molar-refractivity contribution in [1.29, 1.82) is 0 Å². The number of carbonyl (C=O) groups is 2. The number of esters is 1. The Morgan fingerprint density at radius 1 is 1.52 bits per heavy atom. The van der Waals surface area contributed by atoms with Gasteiger partial charge in [0.05, 0.1) is 34.9 Å². The van der Waals surface area contributed by atoms with Crippen molar-refractivity contribution in [2.24, 2.45) is 0 Å². The van der Waals surface area contributed by atoms with Gasteiger partial charge in [0, 0.05) is 12.1 Å². The first-order valence-corrected chi connectivity index (χ1v) is 8.29. The summed E-state index contributed by atoms with van der Waals surface area (Å²) in [5.74, 6) is -1.51. The lowest BCUT2D eigenvalue weighted by Gasteiger charge is -2.17. The van der Waals surface area contributed by atoms with E-state index < -0.39 is 16.7 Å². The fourth-order valence-corrected chi connectivity index (χ4v) is 3.01. The molecule has 1 fully saturated rings. The van der Waals surface area contributed by atoms with Gasteiger partial charge in [-0.05, 0) is 13.0 Å². The van der Waals surface area contributed by atoms with Crippen molar-refractivity contribution in [1.82, 2.24) is 4.90 Å². The van der Waals surface area contributed by atoms with Gasteiger partial charge in [-0.15, -0.1) is 0 Å². The summed E-state index contributed by atoms with van der Waals surface area (Å²) in [7, 11) is 0. The normalized spacial score (nSPS) is 15.5. The Labute approximate surface area is 146 Å². The van der Waals surface area contributed by atoms with Crippen molar-refractivity contribution in [3.05, 3.63) is 45.2 Å². The summed E-state index contributed by atoms with van der Waals surface area (Å²) < 4.78 is 23.3. The van der Waals surface area contributed by atoms with Crippen LogP contribution >= 0.6 is 11.8 Å². The van der Waals surface area contributed by atoms with Gasteiger partial charge in [0.15, 0.2) is 5.75 Å².